The minimum absolute atomic E-state index is 0.104. The van der Waals surface area contributed by atoms with Gasteiger partial charge in [-0.15, -0.1) is 46.2 Å². The van der Waals surface area contributed by atoms with E-state index in [-0.39, 0.29) is 5.91 Å². The third-order valence-corrected chi connectivity index (χ3v) is 9.14. The topological polar surface area (TPSA) is 20.3 Å². The molecule has 0 spiro atoms. The first-order valence-electron chi connectivity index (χ1n) is 8.97. The molecular weight excluding hydrogens is 411 g/mol. The van der Waals surface area contributed by atoms with Crippen molar-refractivity contribution in [2.24, 2.45) is 0 Å². The van der Waals surface area contributed by atoms with Gasteiger partial charge in [0.05, 0.1) is 17.7 Å². The monoisotopic (exact) mass is 431 g/mol. The van der Waals surface area contributed by atoms with Crippen molar-refractivity contribution < 1.29 is 4.79 Å². The number of carbonyl (C=O) groups excluding carboxylic acids is 1. The third kappa shape index (κ3) is 4.99. The number of nitrogens with zero attached hydrogens (tertiary/aromatic N) is 1. The van der Waals surface area contributed by atoms with Crippen molar-refractivity contribution in [1.82, 2.24) is 4.90 Å². The Kier molecular flexibility index (Phi) is 6.60. The van der Waals surface area contributed by atoms with Crippen LogP contribution in [0.15, 0.2) is 59.3 Å². The molecule has 3 heterocycles. The van der Waals surface area contributed by atoms with Crippen LogP contribution in [0.5, 0.6) is 0 Å². The maximum atomic E-state index is 13.2. The summed E-state index contributed by atoms with van der Waals surface area (Å²) < 4.78 is 0.510. The summed E-state index contributed by atoms with van der Waals surface area (Å²) in [6.45, 7) is 1.31. The maximum Gasteiger partial charge on any atom is 0.254 e. The van der Waals surface area contributed by atoms with Gasteiger partial charge in [-0.3, -0.25) is 4.79 Å². The van der Waals surface area contributed by atoms with Gasteiger partial charge in [0.2, 0.25) is 0 Å². The number of rotatable bonds is 6. The largest absolute Gasteiger partial charge is 0.328 e. The van der Waals surface area contributed by atoms with Gasteiger partial charge in [-0.25, -0.2) is 0 Å². The quantitative estimate of drug-likeness (QED) is 0.443. The molecule has 0 radical (unpaired) electrons. The second kappa shape index (κ2) is 9.32. The molecule has 1 aromatic carbocycles. The van der Waals surface area contributed by atoms with E-state index in [0.29, 0.717) is 17.7 Å². The van der Waals surface area contributed by atoms with Crippen LogP contribution in [0.2, 0.25) is 0 Å². The van der Waals surface area contributed by atoms with Crippen molar-refractivity contribution in [1.29, 1.82) is 0 Å². The van der Waals surface area contributed by atoms with Gasteiger partial charge in [0.15, 0.2) is 0 Å². The molecule has 1 aliphatic heterocycles. The van der Waals surface area contributed by atoms with E-state index in [1.54, 1.807) is 22.7 Å². The number of carbonyl (C=O) groups is 1. The molecule has 27 heavy (non-hydrogen) atoms. The van der Waals surface area contributed by atoms with Crippen molar-refractivity contribution >= 4 is 52.1 Å². The van der Waals surface area contributed by atoms with E-state index in [1.807, 2.05) is 52.7 Å². The molecule has 1 saturated heterocycles. The van der Waals surface area contributed by atoms with Gasteiger partial charge in [-0.1, -0.05) is 24.3 Å². The number of amides is 1. The lowest BCUT2D eigenvalue weighted by molar-refractivity contribution is 0.0733. The van der Waals surface area contributed by atoms with Gasteiger partial charge in [-0.05, 0) is 58.5 Å². The number of hydrogen-bond donors (Lipinski definition) is 0. The standard InChI is InChI=1S/C21H21NOS4/c23-20(16-6-8-17(9-7-16)21-26-12-3-13-27-21)22(14-18-4-1-10-24-18)15-19-5-2-11-25-19/h1-2,4-11,21H,3,12-15H2. The van der Waals surface area contributed by atoms with Crippen molar-refractivity contribution in [3.63, 3.8) is 0 Å². The summed E-state index contributed by atoms with van der Waals surface area (Å²) >= 11 is 7.43. The second-order valence-corrected chi connectivity index (χ2v) is 11.2. The van der Waals surface area contributed by atoms with Crippen molar-refractivity contribution in [3.05, 3.63) is 80.2 Å². The highest BCUT2D eigenvalue weighted by Crippen LogP contribution is 2.43. The Morgan fingerprint density at radius 2 is 1.48 bits per heavy atom. The van der Waals surface area contributed by atoms with Gasteiger partial charge >= 0.3 is 0 Å². The first kappa shape index (κ1) is 19.1. The Hall–Kier alpha value is -1.21. The summed E-state index contributed by atoms with van der Waals surface area (Å²) in [4.78, 5) is 17.6. The first-order chi connectivity index (χ1) is 13.3. The summed E-state index contributed by atoms with van der Waals surface area (Å²) in [6, 6.07) is 16.6. The van der Waals surface area contributed by atoms with Crippen LogP contribution in [0.25, 0.3) is 0 Å². The van der Waals surface area contributed by atoms with Gasteiger partial charge in [0.1, 0.15) is 0 Å². The zero-order valence-electron chi connectivity index (χ0n) is 14.9. The fraction of sp³-hybridized carbons (Fsp3) is 0.286. The van der Waals surface area contributed by atoms with Crippen molar-refractivity contribution in [3.8, 4) is 0 Å². The maximum absolute atomic E-state index is 13.2. The molecule has 0 aliphatic carbocycles. The number of thioether (sulfide) groups is 2. The van der Waals surface area contributed by atoms with Crippen LogP contribution in [0.3, 0.4) is 0 Å². The predicted octanol–water partition coefficient (Wildman–Crippen LogP) is 6.52. The molecule has 4 rings (SSSR count). The molecule has 1 amide bonds. The van der Waals surface area contributed by atoms with E-state index in [0.717, 1.165) is 5.56 Å². The lowest BCUT2D eigenvalue weighted by atomic mass is 10.1. The smallest absolute Gasteiger partial charge is 0.254 e. The molecule has 2 nitrogen and oxygen atoms in total. The molecule has 0 saturated carbocycles. The Morgan fingerprint density at radius 3 is 2.00 bits per heavy atom. The molecule has 0 atom stereocenters. The average molecular weight is 432 g/mol. The highest BCUT2D eigenvalue weighted by molar-refractivity contribution is 8.16. The summed E-state index contributed by atoms with van der Waals surface area (Å²) in [5.41, 5.74) is 2.10. The highest BCUT2D eigenvalue weighted by Gasteiger charge is 2.20. The normalized spacial score (nSPS) is 15.0. The zero-order chi connectivity index (χ0) is 18.5. The fourth-order valence-corrected chi connectivity index (χ4v) is 7.36. The summed E-state index contributed by atoms with van der Waals surface area (Å²) in [5, 5.41) is 4.13. The van der Waals surface area contributed by atoms with E-state index < -0.39 is 0 Å². The van der Waals surface area contributed by atoms with Gasteiger partial charge < -0.3 is 4.90 Å². The number of benzene rings is 1. The van der Waals surface area contributed by atoms with Crippen LogP contribution in [-0.4, -0.2) is 22.3 Å². The highest BCUT2D eigenvalue weighted by atomic mass is 32.2. The van der Waals surface area contributed by atoms with Crippen molar-refractivity contribution in [2.75, 3.05) is 11.5 Å². The van der Waals surface area contributed by atoms with Crippen LogP contribution in [0.4, 0.5) is 0 Å². The van der Waals surface area contributed by atoms with E-state index in [1.165, 1.54) is 33.2 Å². The van der Waals surface area contributed by atoms with Crippen LogP contribution in [0, 0.1) is 0 Å². The van der Waals surface area contributed by atoms with Crippen LogP contribution in [0.1, 0.15) is 36.7 Å². The molecule has 0 N–H and O–H groups in total. The first-order valence-corrected chi connectivity index (χ1v) is 12.8. The van der Waals surface area contributed by atoms with E-state index in [2.05, 4.69) is 35.0 Å². The second-order valence-electron chi connectivity index (χ2n) is 6.37. The Balaban J connectivity index is 1.51. The summed E-state index contributed by atoms with van der Waals surface area (Å²) in [6.07, 6.45) is 1.29. The molecule has 6 heteroatoms. The zero-order valence-corrected chi connectivity index (χ0v) is 18.1. The molecule has 2 aromatic heterocycles. The Labute approximate surface area is 177 Å². The number of hydrogen-bond acceptors (Lipinski definition) is 5. The molecule has 0 unspecified atom stereocenters. The Morgan fingerprint density at radius 1 is 0.889 bits per heavy atom. The number of thiophene rings is 2. The molecule has 1 fully saturated rings. The van der Waals surface area contributed by atoms with Crippen LogP contribution in [-0.2, 0) is 13.1 Å². The van der Waals surface area contributed by atoms with Gasteiger partial charge in [0, 0.05) is 15.3 Å². The van der Waals surface area contributed by atoms with E-state index in [4.69, 9.17) is 0 Å². The molecule has 1 aliphatic rings. The van der Waals surface area contributed by atoms with Crippen molar-refractivity contribution in [2.45, 2.75) is 24.1 Å². The van der Waals surface area contributed by atoms with Gasteiger partial charge in [0.25, 0.3) is 5.91 Å². The third-order valence-electron chi connectivity index (χ3n) is 4.40. The molecular formula is C21H21NOS4. The van der Waals surface area contributed by atoms with E-state index in [9.17, 15) is 4.79 Å². The minimum atomic E-state index is 0.104. The fourth-order valence-electron chi connectivity index (χ4n) is 3.03. The SMILES string of the molecule is O=C(c1ccc(C2SCCCS2)cc1)N(Cc1cccs1)Cc1cccs1. The summed E-state index contributed by atoms with van der Waals surface area (Å²) in [7, 11) is 0. The molecule has 0 bridgehead atoms. The molecule has 140 valence electrons. The summed E-state index contributed by atoms with van der Waals surface area (Å²) in [5.74, 6) is 2.56. The minimum Gasteiger partial charge on any atom is -0.328 e. The molecule has 3 aromatic rings. The predicted molar refractivity (Wildman–Crippen MR) is 121 cm³/mol. The Bertz CT molecular complexity index is 801. The van der Waals surface area contributed by atoms with Crippen LogP contribution >= 0.6 is 46.2 Å². The van der Waals surface area contributed by atoms with Crippen LogP contribution < -0.4 is 0 Å². The average Bonchev–Trinajstić information content (AvgIpc) is 3.42. The lowest BCUT2D eigenvalue weighted by Crippen LogP contribution is -2.29. The van der Waals surface area contributed by atoms with Gasteiger partial charge in [-0.2, -0.15) is 0 Å². The lowest BCUT2D eigenvalue weighted by Gasteiger charge is -2.23. The van der Waals surface area contributed by atoms with E-state index >= 15 is 0 Å².